The van der Waals surface area contributed by atoms with E-state index < -0.39 is 21.9 Å². The van der Waals surface area contributed by atoms with Gasteiger partial charge in [0.05, 0.1) is 40.9 Å². The van der Waals surface area contributed by atoms with Gasteiger partial charge >= 0.3 is 5.97 Å². The summed E-state index contributed by atoms with van der Waals surface area (Å²) >= 11 is 6.14. The summed E-state index contributed by atoms with van der Waals surface area (Å²) < 4.78 is 28.9. The molecule has 0 fully saturated rings. The second-order valence-electron chi connectivity index (χ2n) is 5.39. The van der Waals surface area contributed by atoms with Crippen molar-refractivity contribution in [3.8, 4) is 0 Å². The van der Waals surface area contributed by atoms with Crippen molar-refractivity contribution in [1.29, 1.82) is 0 Å². The van der Waals surface area contributed by atoms with E-state index in [9.17, 15) is 18.0 Å². The van der Waals surface area contributed by atoms with Crippen molar-refractivity contribution in [3.05, 3.63) is 58.6 Å². The zero-order valence-corrected chi connectivity index (χ0v) is 15.9. The van der Waals surface area contributed by atoms with Crippen molar-refractivity contribution in [3.63, 3.8) is 0 Å². The van der Waals surface area contributed by atoms with Crippen LogP contribution >= 0.6 is 11.6 Å². The molecule has 0 aromatic heterocycles. The Bertz CT molecular complexity index is 959. The number of rotatable bonds is 5. The molecular formula is C17H17ClN2O5S. The van der Waals surface area contributed by atoms with Crippen LogP contribution in [-0.2, 0) is 14.8 Å². The molecule has 26 heavy (non-hydrogen) atoms. The van der Waals surface area contributed by atoms with Gasteiger partial charge in [-0.3, -0.25) is 9.10 Å². The zero-order valence-electron chi connectivity index (χ0n) is 14.3. The first-order chi connectivity index (χ1) is 12.1. The largest absolute Gasteiger partial charge is 0.465 e. The van der Waals surface area contributed by atoms with E-state index in [0.717, 1.165) is 10.6 Å². The third kappa shape index (κ3) is 4.33. The molecule has 2 rings (SSSR count). The molecule has 0 bridgehead atoms. The predicted molar refractivity (Wildman–Crippen MR) is 100 cm³/mol. The summed E-state index contributed by atoms with van der Waals surface area (Å²) in [6.07, 6.45) is 1.06. The Labute approximate surface area is 156 Å². The lowest BCUT2D eigenvalue weighted by atomic mass is 10.1. The van der Waals surface area contributed by atoms with Gasteiger partial charge in [0.2, 0.25) is 10.0 Å². The highest BCUT2D eigenvalue weighted by Crippen LogP contribution is 2.26. The van der Waals surface area contributed by atoms with Gasteiger partial charge in [-0.15, -0.1) is 0 Å². The topological polar surface area (TPSA) is 92.8 Å². The zero-order chi connectivity index (χ0) is 19.5. The van der Waals surface area contributed by atoms with Crippen molar-refractivity contribution in [2.45, 2.75) is 0 Å². The Morgan fingerprint density at radius 1 is 1.12 bits per heavy atom. The Morgan fingerprint density at radius 2 is 1.77 bits per heavy atom. The Morgan fingerprint density at radius 3 is 2.35 bits per heavy atom. The first-order valence-electron chi connectivity index (χ1n) is 7.37. The second kappa shape index (κ2) is 7.76. The lowest BCUT2D eigenvalue weighted by molar-refractivity contribution is 0.0602. The molecule has 1 N–H and O–H groups in total. The van der Waals surface area contributed by atoms with Gasteiger partial charge in [-0.25, -0.2) is 13.2 Å². The number of ether oxygens (including phenoxy) is 1. The average molecular weight is 397 g/mol. The van der Waals surface area contributed by atoms with Crippen LogP contribution in [0.4, 0.5) is 11.4 Å². The number of nitrogens with zero attached hydrogens (tertiary/aromatic N) is 1. The van der Waals surface area contributed by atoms with Gasteiger partial charge in [-0.2, -0.15) is 0 Å². The van der Waals surface area contributed by atoms with Crippen LogP contribution in [0.15, 0.2) is 42.5 Å². The summed E-state index contributed by atoms with van der Waals surface area (Å²) in [5.41, 5.74) is 0.937. The number of hydrogen-bond acceptors (Lipinski definition) is 5. The lowest BCUT2D eigenvalue weighted by Crippen LogP contribution is -2.25. The predicted octanol–water partition coefficient (Wildman–Crippen LogP) is 2.77. The number of methoxy groups -OCH3 is 1. The minimum atomic E-state index is -3.45. The van der Waals surface area contributed by atoms with E-state index in [1.54, 1.807) is 18.2 Å². The molecule has 0 radical (unpaired) electrons. The van der Waals surface area contributed by atoms with E-state index in [1.165, 1.54) is 38.4 Å². The Hall–Kier alpha value is -2.58. The van der Waals surface area contributed by atoms with Crippen LogP contribution in [0.2, 0.25) is 5.02 Å². The molecule has 2 aromatic carbocycles. The van der Waals surface area contributed by atoms with Crippen LogP contribution in [0.5, 0.6) is 0 Å². The summed E-state index contributed by atoms with van der Waals surface area (Å²) in [4.78, 5) is 24.3. The van der Waals surface area contributed by atoms with E-state index in [2.05, 4.69) is 10.1 Å². The maximum absolute atomic E-state index is 12.5. The normalized spacial score (nSPS) is 10.9. The van der Waals surface area contributed by atoms with Crippen LogP contribution in [0.1, 0.15) is 20.7 Å². The number of hydrogen-bond donors (Lipinski definition) is 1. The highest BCUT2D eigenvalue weighted by atomic mass is 35.5. The summed E-state index contributed by atoms with van der Waals surface area (Å²) in [5, 5.41) is 2.68. The van der Waals surface area contributed by atoms with Gasteiger partial charge in [0.15, 0.2) is 0 Å². The van der Waals surface area contributed by atoms with Crippen molar-refractivity contribution in [2.24, 2.45) is 0 Å². The molecule has 0 spiro atoms. The lowest BCUT2D eigenvalue weighted by Gasteiger charge is -2.17. The number of carbonyl (C=O) groups excluding carboxylic acids is 2. The summed E-state index contributed by atoms with van der Waals surface area (Å²) in [7, 11) is -0.822. The average Bonchev–Trinajstić information content (AvgIpc) is 2.59. The summed E-state index contributed by atoms with van der Waals surface area (Å²) in [5.74, 6) is -1.13. The Balaban J connectivity index is 2.31. The van der Waals surface area contributed by atoms with E-state index in [4.69, 9.17) is 11.6 Å². The van der Waals surface area contributed by atoms with E-state index in [0.29, 0.717) is 5.69 Å². The highest BCUT2D eigenvalue weighted by Gasteiger charge is 2.18. The van der Waals surface area contributed by atoms with E-state index in [-0.39, 0.29) is 21.8 Å². The quantitative estimate of drug-likeness (QED) is 0.784. The molecule has 0 aliphatic heterocycles. The van der Waals surface area contributed by atoms with Crippen LogP contribution < -0.4 is 9.62 Å². The van der Waals surface area contributed by atoms with Gasteiger partial charge in [0.1, 0.15) is 0 Å². The molecular weight excluding hydrogens is 380 g/mol. The number of sulfonamides is 1. The minimum Gasteiger partial charge on any atom is -0.465 e. The van der Waals surface area contributed by atoms with Gasteiger partial charge in [0.25, 0.3) is 5.91 Å². The van der Waals surface area contributed by atoms with Crippen molar-refractivity contribution < 1.29 is 22.7 Å². The molecule has 138 valence electrons. The summed E-state index contributed by atoms with van der Waals surface area (Å²) in [6, 6.07) is 10.6. The van der Waals surface area contributed by atoms with E-state index in [1.807, 2.05) is 0 Å². The molecule has 7 nitrogen and oxygen atoms in total. The van der Waals surface area contributed by atoms with Crippen LogP contribution in [0, 0.1) is 0 Å². The fourth-order valence-electron chi connectivity index (χ4n) is 2.15. The summed E-state index contributed by atoms with van der Waals surface area (Å²) in [6.45, 7) is 0. The third-order valence-corrected chi connectivity index (χ3v) is 5.16. The van der Waals surface area contributed by atoms with Gasteiger partial charge in [-0.05, 0) is 30.3 Å². The number of anilines is 2. The van der Waals surface area contributed by atoms with E-state index >= 15 is 0 Å². The number of carbonyl (C=O) groups is 2. The molecule has 0 heterocycles. The standard InChI is InChI=1S/C17H17ClN2O5S/c1-20(26(3,23)24)11-8-9-12(14(18)10-11)16(21)19-15-7-5-4-6-13(15)17(22)25-2/h4-10H,1-3H3,(H,19,21). The number of benzene rings is 2. The van der Waals surface area contributed by atoms with Crippen LogP contribution in [-0.4, -0.2) is 40.7 Å². The maximum atomic E-state index is 12.5. The molecule has 0 aliphatic carbocycles. The molecule has 0 atom stereocenters. The van der Waals surface area contributed by atoms with Crippen molar-refractivity contribution in [2.75, 3.05) is 30.0 Å². The number of para-hydroxylation sites is 1. The molecule has 9 heteroatoms. The highest BCUT2D eigenvalue weighted by molar-refractivity contribution is 7.92. The van der Waals surface area contributed by atoms with Gasteiger partial charge < -0.3 is 10.1 Å². The van der Waals surface area contributed by atoms with Gasteiger partial charge in [-0.1, -0.05) is 23.7 Å². The second-order valence-corrected chi connectivity index (χ2v) is 7.81. The smallest absolute Gasteiger partial charge is 0.339 e. The Kier molecular flexibility index (Phi) is 5.89. The van der Waals surface area contributed by atoms with Crippen LogP contribution in [0.25, 0.3) is 0 Å². The molecule has 2 aromatic rings. The fourth-order valence-corrected chi connectivity index (χ4v) is 2.90. The van der Waals surface area contributed by atoms with Crippen LogP contribution in [0.3, 0.4) is 0 Å². The SMILES string of the molecule is COC(=O)c1ccccc1NC(=O)c1ccc(N(C)S(C)(=O)=O)cc1Cl. The first-order valence-corrected chi connectivity index (χ1v) is 9.60. The molecule has 0 saturated carbocycles. The third-order valence-electron chi connectivity index (χ3n) is 3.64. The molecule has 1 amide bonds. The van der Waals surface area contributed by atoms with Crippen molar-refractivity contribution >= 4 is 44.9 Å². The number of amides is 1. The van der Waals surface area contributed by atoms with Gasteiger partial charge in [0, 0.05) is 7.05 Å². The maximum Gasteiger partial charge on any atom is 0.339 e. The fraction of sp³-hybridized carbons (Fsp3) is 0.176. The molecule has 0 unspecified atom stereocenters. The number of esters is 1. The van der Waals surface area contributed by atoms with Crippen molar-refractivity contribution in [1.82, 2.24) is 0 Å². The monoisotopic (exact) mass is 396 g/mol. The molecule has 0 saturated heterocycles. The molecule has 0 aliphatic rings. The number of halogens is 1. The number of nitrogens with one attached hydrogen (secondary N) is 1. The minimum absolute atomic E-state index is 0.0750. The first kappa shape index (κ1) is 19.7.